The Morgan fingerprint density at radius 3 is 3.04 bits per heavy atom. The molecule has 2 aromatic rings. The summed E-state index contributed by atoms with van der Waals surface area (Å²) in [5.74, 6) is 1.82. The molecule has 0 bridgehead atoms. The maximum Gasteiger partial charge on any atom is 0.226 e. The van der Waals surface area contributed by atoms with E-state index in [1.807, 2.05) is 10.6 Å². The van der Waals surface area contributed by atoms with Crippen LogP contribution in [0.4, 0.5) is 5.82 Å². The molecule has 0 aliphatic carbocycles. The van der Waals surface area contributed by atoms with Gasteiger partial charge < -0.3 is 14.6 Å². The molecule has 0 aliphatic rings. The molecular formula is C15H19N5O2S. The van der Waals surface area contributed by atoms with Gasteiger partial charge in [-0.1, -0.05) is 23.9 Å². The average molecular weight is 333 g/mol. The zero-order valence-electron chi connectivity index (χ0n) is 12.9. The molecule has 2 aromatic heterocycles. The number of nitrogens with zero attached hydrogens (tertiary/aromatic N) is 4. The lowest BCUT2D eigenvalue weighted by Gasteiger charge is -2.07. The van der Waals surface area contributed by atoms with Crippen LogP contribution in [0.3, 0.4) is 0 Å². The van der Waals surface area contributed by atoms with Gasteiger partial charge in [-0.05, 0) is 12.1 Å². The van der Waals surface area contributed by atoms with Gasteiger partial charge in [0.15, 0.2) is 11.0 Å². The van der Waals surface area contributed by atoms with E-state index in [2.05, 4.69) is 27.1 Å². The predicted octanol–water partition coefficient (Wildman–Crippen LogP) is 2.13. The average Bonchev–Trinajstić information content (AvgIpc) is 2.92. The number of carbonyl (C=O) groups is 1. The van der Waals surface area contributed by atoms with Crippen LogP contribution in [0.15, 0.2) is 42.2 Å². The van der Waals surface area contributed by atoms with Crippen LogP contribution in [-0.4, -0.2) is 38.5 Å². The first-order valence-electron chi connectivity index (χ1n) is 7.10. The first kappa shape index (κ1) is 17.2. The Labute approximate surface area is 139 Å². The minimum Gasteiger partial charge on any atom is -0.377 e. The van der Waals surface area contributed by atoms with Crippen LogP contribution >= 0.6 is 11.8 Å². The highest BCUT2D eigenvalue weighted by Gasteiger charge is 2.12. The van der Waals surface area contributed by atoms with Gasteiger partial charge in [0.2, 0.25) is 5.91 Å². The van der Waals surface area contributed by atoms with E-state index in [1.165, 1.54) is 11.8 Å². The van der Waals surface area contributed by atoms with Crippen molar-refractivity contribution in [2.75, 3.05) is 18.2 Å². The number of anilines is 1. The number of pyridine rings is 1. The molecule has 122 valence electrons. The van der Waals surface area contributed by atoms with Gasteiger partial charge in [-0.3, -0.25) is 4.79 Å². The zero-order chi connectivity index (χ0) is 16.5. The van der Waals surface area contributed by atoms with Crippen LogP contribution in [0, 0.1) is 0 Å². The number of hydrogen-bond donors (Lipinski definition) is 1. The Balaban J connectivity index is 1.86. The summed E-state index contributed by atoms with van der Waals surface area (Å²) in [4.78, 5) is 15.9. The summed E-state index contributed by atoms with van der Waals surface area (Å²) < 4.78 is 7.03. The van der Waals surface area contributed by atoms with Crippen LogP contribution < -0.4 is 5.32 Å². The van der Waals surface area contributed by atoms with E-state index in [4.69, 9.17) is 4.74 Å². The fraction of sp³-hybridized carbons (Fsp3) is 0.333. The third-order valence-corrected chi connectivity index (χ3v) is 3.84. The highest BCUT2D eigenvalue weighted by atomic mass is 32.2. The molecule has 0 saturated carbocycles. The Morgan fingerprint density at radius 2 is 2.35 bits per heavy atom. The van der Waals surface area contributed by atoms with E-state index in [0.717, 1.165) is 11.0 Å². The number of aromatic nitrogens is 4. The SMILES string of the molecule is C=CCn1c(COC)nnc1SCCC(=O)Nc1ccccn1. The lowest BCUT2D eigenvalue weighted by molar-refractivity contribution is -0.115. The monoisotopic (exact) mass is 333 g/mol. The maximum atomic E-state index is 11.9. The minimum atomic E-state index is -0.0805. The Kier molecular flexibility index (Phi) is 6.76. The third-order valence-electron chi connectivity index (χ3n) is 2.87. The van der Waals surface area contributed by atoms with Gasteiger partial charge in [0, 0.05) is 32.0 Å². The fourth-order valence-electron chi connectivity index (χ4n) is 1.85. The fourth-order valence-corrected chi connectivity index (χ4v) is 2.76. The molecule has 0 unspecified atom stereocenters. The smallest absolute Gasteiger partial charge is 0.226 e. The van der Waals surface area contributed by atoms with Gasteiger partial charge in [0.1, 0.15) is 12.4 Å². The topological polar surface area (TPSA) is 81.9 Å². The number of amides is 1. The molecule has 1 amide bonds. The molecule has 0 aliphatic heterocycles. The minimum absolute atomic E-state index is 0.0805. The molecule has 0 atom stereocenters. The molecule has 7 nitrogen and oxygen atoms in total. The summed E-state index contributed by atoms with van der Waals surface area (Å²) in [6, 6.07) is 5.38. The number of carbonyl (C=O) groups excluding carboxylic acids is 1. The van der Waals surface area contributed by atoms with Gasteiger partial charge in [-0.15, -0.1) is 16.8 Å². The lowest BCUT2D eigenvalue weighted by atomic mass is 10.4. The van der Waals surface area contributed by atoms with Crippen molar-refractivity contribution in [1.82, 2.24) is 19.7 Å². The number of rotatable bonds is 9. The normalized spacial score (nSPS) is 10.5. The summed E-state index contributed by atoms with van der Waals surface area (Å²) in [5, 5.41) is 11.7. The lowest BCUT2D eigenvalue weighted by Crippen LogP contribution is -2.13. The second kappa shape index (κ2) is 9.06. The predicted molar refractivity (Wildman–Crippen MR) is 89.1 cm³/mol. The van der Waals surface area contributed by atoms with Crippen molar-refractivity contribution in [3.8, 4) is 0 Å². The second-order valence-electron chi connectivity index (χ2n) is 4.59. The van der Waals surface area contributed by atoms with Crippen molar-refractivity contribution >= 4 is 23.5 Å². The van der Waals surface area contributed by atoms with Crippen molar-refractivity contribution in [3.63, 3.8) is 0 Å². The zero-order valence-corrected chi connectivity index (χ0v) is 13.8. The quantitative estimate of drug-likeness (QED) is 0.559. The first-order chi connectivity index (χ1) is 11.2. The number of methoxy groups -OCH3 is 1. The van der Waals surface area contributed by atoms with Crippen LogP contribution in [0.25, 0.3) is 0 Å². The van der Waals surface area contributed by atoms with Crippen LogP contribution in [0.5, 0.6) is 0 Å². The highest BCUT2D eigenvalue weighted by Crippen LogP contribution is 2.18. The maximum absolute atomic E-state index is 11.9. The van der Waals surface area contributed by atoms with E-state index in [1.54, 1.807) is 31.5 Å². The van der Waals surface area contributed by atoms with E-state index in [9.17, 15) is 4.79 Å². The van der Waals surface area contributed by atoms with E-state index in [0.29, 0.717) is 31.1 Å². The molecule has 0 aromatic carbocycles. The summed E-state index contributed by atoms with van der Waals surface area (Å²) >= 11 is 1.48. The third kappa shape index (κ3) is 5.19. The molecule has 0 fully saturated rings. The van der Waals surface area contributed by atoms with Gasteiger partial charge in [-0.25, -0.2) is 4.98 Å². The molecule has 0 spiro atoms. The van der Waals surface area contributed by atoms with Gasteiger partial charge in [0.05, 0.1) is 0 Å². The molecule has 23 heavy (non-hydrogen) atoms. The summed E-state index contributed by atoms with van der Waals surface area (Å²) in [7, 11) is 1.61. The summed E-state index contributed by atoms with van der Waals surface area (Å²) in [6.45, 7) is 4.73. The second-order valence-corrected chi connectivity index (χ2v) is 5.65. The van der Waals surface area contributed by atoms with E-state index < -0.39 is 0 Å². The highest BCUT2D eigenvalue weighted by molar-refractivity contribution is 7.99. The van der Waals surface area contributed by atoms with Crippen molar-refractivity contribution in [3.05, 3.63) is 42.9 Å². The first-order valence-corrected chi connectivity index (χ1v) is 8.08. The largest absolute Gasteiger partial charge is 0.377 e. The van der Waals surface area contributed by atoms with Crippen molar-refractivity contribution < 1.29 is 9.53 Å². The molecule has 8 heteroatoms. The molecule has 0 radical (unpaired) electrons. The van der Waals surface area contributed by atoms with E-state index >= 15 is 0 Å². The Bertz CT molecular complexity index is 645. The number of thioether (sulfide) groups is 1. The van der Waals surface area contributed by atoms with Crippen molar-refractivity contribution in [2.24, 2.45) is 0 Å². The van der Waals surface area contributed by atoms with Crippen molar-refractivity contribution in [1.29, 1.82) is 0 Å². The van der Waals surface area contributed by atoms with Crippen molar-refractivity contribution in [2.45, 2.75) is 24.7 Å². The Morgan fingerprint density at radius 1 is 1.48 bits per heavy atom. The summed E-state index contributed by atoms with van der Waals surface area (Å²) in [6.07, 6.45) is 3.78. The summed E-state index contributed by atoms with van der Waals surface area (Å²) in [5.41, 5.74) is 0. The number of ether oxygens (including phenoxy) is 1. The number of nitrogens with one attached hydrogen (secondary N) is 1. The molecule has 1 N–H and O–H groups in total. The van der Waals surface area contributed by atoms with Crippen LogP contribution in [0.1, 0.15) is 12.2 Å². The number of allylic oxidation sites excluding steroid dienone is 1. The number of hydrogen-bond acceptors (Lipinski definition) is 6. The molecule has 2 rings (SSSR count). The Hall–Kier alpha value is -2.19. The van der Waals surface area contributed by atoms with Gasteiger partial charge in [-0.2, -0.15) is 0 Å². The van der Waals surface area contributed by atoms with Gasteiger partial charge in [0.25, 0.3) is 0 Å². The van der Waals surface area contributed by atoms with Crippen LogP contribution in [0.2, 0.25) is 0 Å². The molecule has 0 saturated heterocycles. The molecule has 2 heterocycles. The molecular weight excluding hydrogens is 314 g/mol. The standard InChI is InChI=1S/C15H19N5O2S/c1-3-9-20-13(11-22-2)18-19-15(20)23-10-7-14(21)17-12-6-4-5-8-16-12/h3-6,8H,1,7,9-11H2,2H3,(H,16,17,21). The van der Waals surface area contributed by atoms with Crippen LogP contribution in [-0.2, 0) is 22.7 Å². The van der Waals surface area contributed by atoms with Gasteiger partial charge >= 0.3 is 0 Å². The van der Waals surface area contributed by atoms with E-state index in [-0.39, 0.29) is 5.91 Å².